The van der Waals surface area contributed by atoms with E-state index in [9.17, 15) is 9.59 Å². The molecule has 1 aromatic carbocycles. The summed E-state index contributed by atoms with van der Waals surface area (Å²) in [6.45, 7) is 0. The molecule has 3 aliphatic carbocycles. The Hall–Kier alpha value is -3.01. The molecule has 0 bridgehead atoms. The highest BCUT2D eigenvalue weighted by molar-refractivity contribution is 6.32. The van der Waals surface area contributed by atoms with Crippen LogP contribution in [0.4, 0.5) is 0 Å². The van der Waals surface area contributed by atoms with Crippen molar-refractivity contribution in [1.29, 1.82) is 0 Å². The van der Waals surface area contributed by atoms with Gasteiger partial charge >= 0.3 is 0 Å². The summed E-state index contributed by atoms with van der Waals surface area (Å²) in [5, 5.41) is 0. The van der Waals surface area contributed by atoms with Gasteiger partial charge < -0.3 is 4.74 Å². The van der Waals surface area contributed by atoms with Gasteiger partial charge in [0, 0.05) is 5.92 Å². The molecule has 1 saturated carbocycles. The molecule has 1 heterocycles. The highest BCUT2D eigenvalue weighted by atomic mass is 16.5. The predicted molar refractivity (Wildman–Crippen MR) is 107 cm³/mol. The molecule has 4 heteroatoms. The minimum atomic E-state index is -0.568. The summed E-state index contributed by atoms with van der Waals surface area (Å²) < 4.78 is 5.35. The Kier molecular flexibility index (Phi) is 3.83. The second kappa shape index (κ2) is 6.26. The minimum absolute atomic E-state index is 0.0838. The third kappa shape index (κ3) is 2.40. The standard InChI is InChI=1S/C24H21NO3/c1-28-19-12-5-4-7-15(19)10-6-11-18(26)22-21-23(27)24(21)14-17-9-3-2-8-16(17)13-20(24)25-22/h2-9,11-13,17,21-22H,10,14H2,1H3/b11-6+. The van der Waals surface area contributed by atoms with Crippen molar-refractivity contribution in [1.82, 2.24) is 0 Å². The molecule has 1 aliphatic heterocycles. The van der Waals surface area contributed by atoms with Crippen molar-refractivity contribution in [3.05, 3.63) is 77.9 Å². The summed E-state index contributed by atoms with van der Waals surface area (Å²) in [4.78, 5) is 30.1. The first kappa shape index (κ1) is 17.1. The normalized spacial score (nSPS) is 31.8. The molecule has 0 N–H and O–H groups in total. The molecule has 140 valence electrons. The van der Waals surface area contributed by atoms with Crippen molar-refractivity contribution in [2.45, 2.75) is 18.9 Å². The number of methoxy groups -OCH3 is 1. The molecule has 4 unspecified atom stereocenters. The van der Waals surface area contributed by atoms with E-state index in [1.807, 2.05) is 48.6 Å². The first-order valence-electron chi connectivity index (χ1n) is 9.66. The number of para-hydroxylation sites is 1. The number of carbonyl (C=O) groups is 2. The fourth-order valence-electron chi connectivity index (χ4n) is 4.85. The van der Waals surface area contributed by atoms with Crippen LogP contribution in [-0.4, -0.2) is 30.4 Å². The maximum absolute atomic E-state index is 12.8. The Morgan fingerprint density at radius 3 is 3.04 bits per heavy atom. The molecule has 1 spiro atoms. The molecule has 28 heavy (non-hydrogen) atoms. The Balaban J connectivity index is 1.34. The Morgan fingerprint density at radius 2 is 2.18 bits per heavy atom. The predicted octanol–water partition coefficient (Wildman–Crippen LogP) is 3.44. The number of benzene rings is 1. The summed E-state index contributed by atoms with van der Waals surface area (Å²) >= 11 is 0. The van der Waals surface area contributed by atoms with Gasteiger partial charge in [0.2, 0.25) is 0 Å². The van der Waals surface area contributed by atoms with Gasteiger partial charge in [-0.1, -0.05) is 48.6 Å². The lowest BCUT2D eigenvalue weighted by molar-refractivity contribution is -0.118. The number of fused-ring (bicyclic) bond motifs is 1. The Bertz CT molecular complexity index is 1030. The Morgan fingerprint density at radius 1 is 1.32 bits per heavy atom. The van der Waals surface area contributed by atoms with Gasteiger partial charge in [-0.15, -0.1) is 0 Å². The molecule has 0 radical (unpaired) electrons. The van der Waals surface area contributed by atoms with Crippen molar-refractivity contribution in [2.24, 2.45) is 22.2 Å². The summed E-state index contributed by atoms with van der Waals surface area (Å²) in [7, 11) is 1.64. The highest BCUT2D eigenvalue weighted by Crippen LogP contribution is 2.63. The number of carbonyl (C=O) groups excluding carboxylic acids is 2. The van der Waals surface area contributed by atoms with Crippen LogP contribution in [0.25, 0.3) is 0 Å². The number of aliphatic imine (C=N–C) groups is 1. The van der Waals surface area contributed by atoms with Crippen molar-refractivity contribution in [2.75, 3.05) is 7.11 Å². The number of nitrogens with zero attached hydrogens (tertiary/aromatic N) is 1. The maximum atomic E-state index is 12.8. The summed E-state index contributed by atoms with van der Waals surface area (Å²) in [6.07, 6.45) is 15.0. The number of Topliss-reactive ketones (excluding diaryl/α,β-unsaturated/α-hetero) is 1. The molecule has 4 nitrogen and oxygen atoms in total. The smallest absolute Gasteiger partial charge is 0.180 e. The van der Waals surface area contributed by atoms with Gasteiger partial charge in [0.05, 0.1) is 24.2 Å². The van der Waals surface area contributed by atoms with Crippen LogP contribution in [0.5, 0.6) is 5.75 Å². The molecule has 1 aromatic rings. The van der Waals surface area contributed by atoms with Crippen molar-refractivity contribution in [3.8, 4) is 5.75 Å². The zero-order valence-electron chi connectivity index (χ0n) is 15.7. The van der Waals surface area contributed by atoms with E-state index in [1.165, 1.54) is 5.57 Å². The fraction of sp³-hybridized carbons (Fsp3) is 0.292. The van der Waals surface area contributed by atoms with Crippen LogP contribution >= 0.6 is 0 Å². The lowest BCUT2D eigenvalue weighted by Gasteiger charge is -2.27. The monoisotopic (exact) mass is 371 g/mol. The number of ether oxygens (including phenoxy) is 1. The average molecular weight is 371 g/mol. The number of ketones is 2. The number of hydrogen-bond donors (Lipinski definition) is 0. The second-order valence-electron chi connectivity index (χ2n) is 7.79. The fourth-order valence-corrected chi connectivity index (χ4v) is 4.85. The number of allylic oxidation sites excluding steroid dienone is 7. The number of hydrogen-bond acceptors (Lipinski definition) is 4. The van der Waals surface area contributed by atoms with Gasteiger partial charge in [-0.05, 0) is 42.2 Å². The summed E-state index contributed by atoms with van der Waals surface area (Å²) in [5.74, 6) is 0.890. The average Bonchev–Trinajstić information content (AvgIpc) is 3.12. The molecule has 4 atom stereocenters. The van der Waals surface area contributed by atoms with Crippen LogP contribution < -0.4 is 4.74 Å². The minimum Gasteiger partial charge on any atom is -0.496 e. The molecule has 0 aromatic heterocycles. The molecular weight excluding hydrogens is 350 g/mol. The lowest BCUT2D eigenvalue weighted by Crippen LogP contribution is -2.26. The van der Waals surface area contributed by atoms with E-state index in [2.05, 4.69) is 17.1 Å². The van der Waals surface area contributed by atoms with Crippen LogP contribution in [0.3, 0.4) is 0 Å². The van der Waals surface area contributed by atoms with E-state index in [-0.39, 0.29) is 23.4 Å². The van der Waals surface area contributed by atoms with E-state index in [0.29, 0.717) is 6.42 Å². The Labute approximate surface area is 164 Å². The van der Waals surface area contributed by atoms with E-state index in [4.69, 9.17) is 4.74 Å². The van der Waals surface area contributed by atoms with E-state index >= 15 is 0 Å². The highest BCUT2D eigenvalue weighted by Gasteiger charge is 2.75. The second-order valence-corrected chi connectivity index (χ2v) is 7.79. The van der Waals surface area contributed by atoms with Crippen molar-refractivity contribution < 1.29 is 14.3 Å². The molecule has 4 aliphatic rings. The first-order chi connectivity index (χ1) is 13.6. The molecule has 5 rings (SSSR count). The van der Waals surface area contributed by atoms with Crippen LogP contribution in [0.15, 0.2) is 77.4 Å². The first-order valence-corrected chi connectivity index (χ1v) is 9.66. The van der Waals surface area contributed by atoms with Gasteiger partial charge in [0.1, 0.15) is 11.8 Å². The van der Waals surface area contributed by atoms with Gasteiger partial charge in [-0.2, -0.15) is 0 Å². The zero-order valence-corrected chi connectivity index (χ0v) is 15.7. The number of rotatable bonds is 5. The third-order valence-corrected chi connectivity index (χ3v) is 6.34. The van der Waals surface area contributed by atoms with Gasteiger partial charge in [0.15, 0.2) is 11.6 Å². The largest absolute Gasteiger partial charge is 0.496 e. The van der Waals surface area contributed by atoms with E-state index < -0.39 is 11.5 Å². The molecule has 0 saturated heterocycles. The van der Waals surface area contributed by atoms with Gasteiger partial charge in [0.25, 0.3) is 0 Å². The van der Waals surface area contributed by atoms with Crippen LogP contribution in [0.2, 0.25) is 0 Å². The lowest BCUT2D eigenvalue weighted by atomic mass is 9.75. The molecular formula is C24H21NO3. The van der Waals surface area contributed by atoms with Crippen LogP contribution in [0, 0.1) is 17.3 Å². The van der Waals surface area contributed by atoms with Gasteiger partial charge in [-0.3, -0.25) is 14.6 Å². The van der Waals surface area contributed by atoms with Crippen molar-refractivity contribution >= 4 is 17.3 Å². The van der Waals surface area contributed by atoms with Gasteiger partial charge in [-0.25, -0.2) is 0 Å². The summed E-state index contributed by atoms with van der Waals surface area (Å²) in [5.41, 5.74) is 2.50. The quantitative estimate of drug-likeness (QED) is 0.745. The van der Waals surface area contributed by atoms with E-state index in [0.717, 1.165) is 23.4 Å². The van der Waals surface area contributed by atoms with Crippen LogP contribution in [-0.2, 0) is 16.0 Å². The molecule has 0 amide bonds. The van der Waals surface area contributed by atoms with E-state index in [1.54, 1.807) is 13.2 Å². The molecule has 1 fully saturated rings. The topological polar surface area (TPSA) is 55.7 Å². The maximum Gasteiger partial charge on any atom is 0.180 e. The SMILES string of the molecule is COc1ccccc1C/C=C/C(=O)C1N=C2C=C3C=CC=CC3CC23C(=O)C13. The van der Waals surface area contributed by atoms with Crippen LogP contribution in [0.1, 0.15) is 12.0 Å². The summed E-state index contributed by atoms with van der Waals surface area (Å²) in [6, 6.07) is 7.18. The van der Waals surface area contributed by atoms with Crippen molar-refractivity contribution in [3.63, 3.8) is 0 Å². The third-order valence-electron chi connectivity index (χ3n) is 6.34. The zero-order chi connectivity index (χ0) is 19.3.